The van der Waals surface area contributed by atoms with Crippen LogP contribution >= 0.6 is 11.3 Å². The Bertz CT molecular complexity index is 842. The molecule has 0 radical (unpaired) electrons. The number of piperidine rings is 1. The van der Waals surface area contributed by atoms with Crippen LogP contribution in [0.2, 0.25) is 0 Å². The predicted octanol–water partition coefficient (Wildman–Crippen LogP) is 5.36. The lowest BCUT2D eigenvalue weighted by Gasteiger charge is -2.38. The summed E-state index contributed by atoms with van der Waals surface area (Å²) in [5.41, 5.74) is 1.74. The van der Waals surface area contributed by atoms with Gasteiger partial charge in [0, 0.05) is 19.1 Å². The molecule has 2 atom stereocenters. The van der Waals surface area contributed by atoms with Gasteiger partial charge >= 0.3 is 6.09 Å². The Morgan fingerprint density at radius 1 is 1.22 bits per heavy atom. The molecule has 0 aliphatic carbocycles. The molecule has 1 aromatic heterocycles. The van der Waals surface area contributed by atoms with Gasteiger partial charge in [0.2, 0.25) is 0 Å². The van der Waals surface area contributed by atoms with Crippen LogP contribution in [0.4, 0.5) is 9.93 Å². The highest BCUT2D eigenvalue weighted by atomic mass is 32.1. The number of rotatable bonds is 2. The molecule has 146 valence electrons. The first-order chi connectivity index (χ1) is 12.8. The molecule has 27 heavy (non-hydrogen) atoms. The third kappa shape index (κ3) is 3.77. The number of hydrogen-bond acceptors (Lipinski definition) is 5. The van der Waals surface area contributed by atoms with E-state index < -0.39 is 5.60 Å². The van der Waals surface area contributed by atoms with E-state index in [1.165, 1.54) is 16.7 Å². The maximum absolute atomic E-state index is 12.7. The van der Waals surface area contributed by atoms with Crippen molar-refractivity contribution in [2.24, 2.45) is 0 Å². The Hall–Kier alpha value is -1.82. The normalized spacial score (nSPS) is 23.4. The maximum Gasteiger partial charge on any atom is 0.410 e. The smallest absolute Gasteiger partial charge is 0.410 e. The number of benzene rings is 1. The Morgan fingerprint density at radius 2 is 2.04 bits per heavy atom. The van der Waals surface area contributed by atoms with Crippen molar-refractivity contribution >= 4 is 32.8 Å². The molecular weight excluding hydrogens is 358 g/mol. The predicted molar refractivity (Wildman–Crippen MR) is 111 cm³/mol. The summed E-state index contributed by atoms with van der Waals surface area (Å²) in [6, 6.07) is 7.17. The summed E-state index contributed by atoms with van der Waals surface area (Å²) in [5.74, 6) is 0. The second-order valence-corrected chi connectivity index (χ2v) is 9.75. The third-order valence-corrected chi connectivity index (χ3v) is 6.55. The summed E-state index contributed by atoms with van der Waals surface area (Å²) < 4.78 is 6.87. The summed E-state index contributed by atoms with van der Waals surface area (Å²) in [6.07, 6.45) is 4.18. The van der Waals surface area contributed by atoms with E-state index in [0.29, 0.717) is 6.04 Å². The first kappa shape index (κ1) is 18.5. The minimum Gasteiger partial charge on any atom is -0.444 e. The molecule has 2 aliphatic rings. The summed E-state index contributed by atoms with van der Waals surface area (Å²) in [4.78, 5) is 21.9. The second-order valence-electron chi connectivity index (χ2n) is 8.74. The lowest BCUT2D eigenvalue weighted by Crippen LogP contribution is -2.45. The SMILES string of the molecule is C[C@@H]1CCN1c1nc2cc(C3CCCCN3C(=O)OC(C)(C)C)ccc2s1. The fourth-order valence-electron chi connectivity index (χ4n) is 3.88. The molecule has 1 unspecified atom stereocenters. The van der Waals surface area contributed by atoms with Crippen LogP contribution in [-0.2, 0) is 4.74 Å². The summed E-state index contributed by atoms with van der Waals surface area (Å²) >= 11 is 1.76. The molecule has 0 spiro atoms. The molecule has 4 rings (SSSR count). The van der Waals surface area contributed by atoms with Crippen molar-refractivity contribution < 1.29 is 9.53 Å². The van der Waals surface area contributed by atoms with E-state index in [2.05, 4.69) is 30.0 Å². The van der Waals surface area contributed by atoms with Crippen LogP contribution in [0.3, 0.4) is 0 Å². The minimum absolute atomic E-state index is 0.0751. The van der Waals surface area contributed by atoms with E-state index in [0.717, 1.165) is 43.0 Å². The van der Waals surface area contributed by atoms with Crippen molar-refractivity contribution in [3.8, 4) is 0 Å². The van der Waals surface area contributed by atoms with Gasteiger partial charge in [-0.3, -0.25) is 0 Å². The number of hydrogen-bond donors (Lipinski definition) is 0. The Balaban J connectivity index is 1.60. The third-order valence-electron chi connectivity index (χ3n) is 5.48. The average Bonchev–Trinajstić information content (AvgIpc) is 3.00. The Morgan fingerprint density at radius 3 is 2.70 bits per heavy atom. The number of carbonyl (C=O) groups excluding carboxylic acids is 1. The van der Waals surface area contributed by atoms with E-state index in [4.69, 9.17) is 9.72 Å². The molecule has 2 aliphatic heterocycles. The zero-order valence-corrected chi connectivity index (χ0v) is 17.5. The molecule has 0 saturated carbocycles. The van der Waals surface area contributed by atoms with Crippen LogP contribution in [0.1, 0.15) is 65.0 Å². The first-order valence-electron chi connectivity index (χ1n) is 9.98. The molecule has 2 fully saturated rings. The van der Waals surface area contributed by atoms with E-state index in [1.54, 1.807) is 11.3 Å². The highest BCUT2D eigenvalue weighted by molar-refractivity contribution is 7.22. The lowest BCUT2D eigenvalue weighted by atomic mass is 9.95. The lowest BCUT2D eigenvalue weighted by molar-refractivity contribution is 0.00952. The minimum atomic E-state index is -0.471. The molecule has 1 amide bonds. The molecule has 0 bridgehead atoms. The number of aromatic nitrogens is 1. The highest BCUT2D eigenvalue weighted by Crippen LogP contribution is 2.37. The summed E-state index contributed by atoms with van der Waals surface area (Å²) in [6.45, 7) is 9.87. The highest BCUT2D eigenvalue weighted by Gasteiger charge is 2.32. The Kier molecular flexibility index (Phi) is 4.78. The number of carbonyl (C=O) groups is 1. The van der Waals surface area contributed by atoms with Crippen molar-refractivity contribution in [3.63, 3.8) is 0 Å². The number of thiazole rings is 1. The van der Waals surface area contributed by atoms with Crippen molar-refractivity contribution in [3.05, 3.63) is 23.8 Å². The average molecular weight is 388 g/mol. The summed E-state index contributed by atoms with van der Waals surface area (Å²) in [5, 5.41) is 1.12. The molecule has 0 N–H and O–H groups in total. The first-order valence-corrected chi connectivity index (χ1v) is 10.8. The Labute approximate surface area is 165 Å². The number of ether oxygens (including phenoxy) is 1. The van der Waals surface area contributed by atoms with Gasteiger partial charge in [-0.15, -0.1) is 0 Å². The molecule has 2 aromatic rings. The molecular formula is C21H29N3O2S. The fourth-order valence-corrected chi connectivity index (χ4v) is 4.95. The molecule has 6 heteroatoms. The quantitative estimate of drug-likeness (QED) is 0.696. The van der Waals surface area contributed by atoms with Gasteiger partial charge in [0.05, 0.1) is 16.3 Å². The van der Waals surface area contributed by atoms with Gasteiger partial charge in [0.1, 0.15) is 5.60 Å². The van der Waals surface area contributed by atoms with Gasteiger partial charge in [-0.05, 0) is 71.1 Å². The maximum atomic E-state index is 12.7. The molecule has 5 nitrogen and oxygen atoms in total. The van der Waals surface area contributed by atoms with Crippen molar-refractivity contribution in [2.45, 2.75) is 71.1 Å². The fraction of sp³-hybridized carbons (Fsp3) is 0.619. The second kappa shape index (κ2) is 6.97. The van der Waals surface area contributed by atoms with Gasteiger partial charge in [0.25, 0.3) is 0 Å². The van der Waals surface area contributed by atoms with Crippen LogP contribution in [0, 0.1) is 0 Å². The zero-order valence-electron chi connectivity index (χ0n) is 16.7. The number of fused-ring (bicyclic) bond motifs is 1. The monoisotopic (exact) mass is 387 g/mol. The van der Waals surface area contributed by atoms with Crippen molar-refractivity contribution in [2.75, 3.05) is 18.0 Å². The van der Waals surface area contributed by atoms with Gasteiger partial charge in [0.15, 0.2) is 5.13 Å². The van der Waals surface area contributed by atoms with Gasteiger partial charge in [-0.1, -0.05) is 17.4 Å². The van der Waals surface area contributed by atoms with E-state index >= 15 is 0 Å². The summed E-state index contributed by atoms with van der Waals surface area (Å²) in [7, 11) is 0. The number of likely N-dealkylation sites (tertiary alicyclic amines) is 1. The van der Waals surface area contributed by atoms with Gasteiger partial charge in [-0.2, -0.15) is 0 Å². The van der Waals surface area contributed by atoms with Crippen LogP contribution in [-0.4, -0.2) is 40.7 Å². The van der Waals surface area contributed by atoms with Crippen molar-refractivity contribution in [1.29, 1.82) is 0 Å². The number of nitrogens with zero attached hydrogens (tertiary/aromatic N) is 3. The number of anilines is 1. The van der Waals surface area contributed by atoms with Gasteiger partial charge in [-0.25, -0.2) is 9.78 Å². The van der Waals surface area contributed by atoms with Crippen LogP contribution in [0.25, 0.3) is 10.2 Å². The van der Waals surface area contributed by atoms with Crippen LogP contribution in [0.15, 0.2) is 18.2 Å². The van der Waals surface area contributed by atoms with E-state index in [-0.39, 0.29) is 12.1 Å². The molecule has 2 saturated heterocycles. The van der Waals surface area contributed by atoms with Gasteiger partial charge < -0.3 is 14.5 Å². The zero-order chi connectivity index (χ0) is 19.2. The van der Waals surface area contributed by atoms with E-state index in [9.17, 15) is 4.79 Å². The van der Waals surface area contributed by atoms with Crippen LogP contribution < -0.4 is 4.90 Å². The standard InChI is InChI=1S/C21H29N3O2S/c1-14-10-12-23(14)19-22-16-13-15(8-9-18(16)27-19)17-7-5-6-11-24(17)20(25)26-21(2,3)4/h8-9,13-14,17H,5-7,10-12H2,1-4H3/t14-,17?/m1/s1. The topological polar surface area (TPSA) is 45.7 Å². The number of amides is 1. The van der Waals surface area contributed by atoms with Crippen molar-refractivity contribution in [1.82, 2.24) is 9.88 Å². The molecule has 3 heterocycles. The molecule has 1 aromatic carbocycles. The largest absolute Gasteiger partial charge is 0.444 e. The van der Waals surface area contributed by atoms with Crippen LogP contribution in [0.5, 0.6) is 0 Å². The van der Waals surface area contributed by atoms with E-state index in [1.807, 2.05) is 25.7 Å².